The van der Waals surface area contributed by atoms with E-state index in [0.717, 1.165) is 5.69 Å². The third-order valence-electron chi connectivity index (χ3n) is 2.08. The van der Waals surface area contributed by atoms with Gasteiger partial charge in [0.1, 0.15) is 6.54 Å². The van der Waals surface area contributed by atoms with Gasteiger partial charge < -0.3 is 0 Å². The minimum Gasteiger partial charge on any atom is -0.284 e. The molecule has 2 heterocycles. The van der Waals surface area contributed by atoms with E-state index in [1.54, 1.807) is 17.1 Å². The number of imidazole rings is 1. The Labute approximate surface area is 98.0 Å². The number of nitrogens with two attached hydrogens (primary N) is 1. The van der Waals surface area contributed by atoms with Gasteiger partial charge in [-0.3, -0.25) is 15.7 Å². The summed E-state index contributed by atoms with van der Waals surface area (Å²) in [5.74, 6) is 1.45. The molecule has 88 valence electrons. The van der Waals surface area contributed by atoms with Gasteiger partial charge >= 0.3 is 0 Å². The number of guanidine groups is 1. The Morgan fingerprint density at radius 2 is 2.53 bits per heavy atom. The lowest BCUT2D eigenvalue weighted by atomic mass is 10.5. The standard InChI is InChI=1S/C9H12N8/c1-3-4-11-8-13-15-9(10,16-14-8)17-5-7(2)12-6-17/h1,5-6,15H,4,10H2,2H3,(H,11,13). The van der Waals surface area contributed by atoms with Crippen LogP contribution in [0.5, 0.6) is 0 Å². The molecule has 0 saturated heterocycles. The number of nitrogens with zero attached hydrogens (tertiary/aromatic N) is 5. The fraction of sp³-hybridized carbons (Fsp3) is 0.333. The monoisotopic (exact) mass is 232 g/mol. The summed E-state index contributed by atoms with van der Waals surface area (Å²) in [6.07, 6.45) is 8.39. The smallest absolute Gasteiger partial charge is 0.284 e. The Bertz CT molecular complexity index is 507. The van der Waals surface area contributed by atoms with Crippen molar-refractivity contribution in [3.63, 3.8) is 0 Å². The molecule has 0 aromatic carbocycles. The van der Waals surface area contributed by atoms with Crippen molar-refractivity contribution in [2.24, 2.45) is 21.0 Å². The third-order valence-corrected chi connectivity index (χ3v) is 2.08. The summed E-state index contributed by atoms with van der Waals surface area (Å²) in [4.78, 5) is 7.99. The predicted octanol–water partition coefficient (Wildman–Crippen LogP) is -0.733. The van der Waals surface area contributed by atoms with Gasteiger partial charge in [-0.05, 0) is 6.92 Å². The van der Waals surface area contributed by atoms with Crippen LogP contribution >= 0.6 is 0 Å². The van der Waals surface area contributed by atoms with E-state index in [1.165, 1.54) is 0 Å². The van der Waals surface area contributed by atoms with Crippen LogP contribution in [0.2, 0.25) is 0 Å². The first kappa shape index (κ1) is 11.3. The number of aryl methyl sites for hydroxylation is 1. The molecule has 0 radical (unpaired) electrons. The van der Waals surface area contributed by atoms with Crippen molar-refractivity contribution in [1.82, 2.24) is 20.4 Å². The molecule has 8 heteroatoms. The van der Waals surface area contributed by atoms with Gasteiger partial charge in [0, 0.05) is 6.20 Å². The second kappa shape index (κ2) is 4.32. The Morgan fingerprint density at radius 1 is 1.71 bits per heavy atom. The molecule has 1 aromatic rings. The van der Waals surface area contributed by atoms with Crippen molar-refractivity contribution in [3.8, 4) is 12.3 Å². The maximum Gasteiger partial charge on any atom is 0.285 e. The van der Waals surface area contributed by atoms with Crippen LogP contribution < -0.4 is 16.6 Å². The van der Waals surface area contributed by atoms with Crippen LogP contribution in [0.4, 0.5) is 0 Å². The number of hydrogen-bond acceptors (Lipinski definition) is 5. The quantitative estimate of drug-likeness (QED) is 0.584. The van der Waals surface area contributed by atoms with E-state index in [4.69, 9.17) is 12.2 Å². The number of rotatable bonds is 2. The summed E-state index contributed by atoms with van der Waals surface area (Å²) >= 11 is 0. The Kier molecular flexibility index (Phi) is 2.86. The molecule has 1 atom stereocenters. The summed E-state index contributed by atoms with van der Waals surface area (Å²) in [5, 5.41) is 7.77. The van der Waals surface area contributed by atoms with Crippen molar-refractivity contribution < 1.29 is 0 Å². The fourth-order valence-electron chi connectivity index (χ4n) is 1.24. The molecule has 1 aliphatic heterocycles. The van der Waals surface area contributed by atoms with Crippen LogP contribution in [0.15, 0.2) is 27.7 Å². The van der Waals surface area contributed by atoms with Gasteiger partial charge in [0.25, 0.3) is 11.9 Å². The highest BCUT2D eigenvalue weighted by molar-refractivity contribution is 5.80. The van der Waals surface area contributed by atoms with E-state index in [2.05, 4.69) is 37.0 Å². The zero-order chi connectivity index (χ0) is 12.3. The van der Waals surface area contributed by atoms with Crippen LogP contribution in [0.25, 0.3) is 0 Å². The maximum absolute atomic E-state index is 5.98. The normalized spacial score (nSPS) is 25.6. The number of azo groups is 1. The lowest BCUT2D eigenvalue weighted by Crippen LogP contribution is -2.61. The largest absolute Gasteiger partial charge is 0.285 e. The van der Waals surface area contributed by atoms with Crippen LogP contribution in [-0.2, 0) is 5.91 Å². The van der Waals surface area contributed by atoms with Crippen molar-refractivity contribution in [2.45, 2.75) is 12.8 Å². The predicted molar refractivity (Wildman–Crippen MR) is 61.4 cm³/mol. The molecule has 4 N–H and O–H groups in total. The average Bonchev–Trinajstić information content (AvgIpc) is 2.76. The third kappa shape index (κ3) is 2.30. The van der Waals surface area contributed by atoms with Crippen LogP contribution in [0, 0.1) is 19.3 Å². The molecular weight excluding hydrogens is 220 g/mol. The molecular formula is C9H12N8. The molecule has 0 amide bonds. The van der Waals surface area contributed by atoms with Crippen LogP contribution in [0.1, 0.15) is 5.69 Å². The molecule has 0 spiro atoms. The number of nitrogens with one attached hydrogen (secondary N) is 2. The van der Waals surface area contributed by atoms with Gasteiger partial charge in [0.15, 0.2) is 0 Å². The van der Waals surface area contributed by atoms with Gasteiger partial charge in [-0.25, -0.2) is 9.98 Å². The van der Waals surface area contributed by atoms with Crippen molar-refractivity contribution in [3.05, 3.63) is 18.2 Å². The molecule has 1 aromatic heterocycles. The molecule has 1 aliphatic rings. The van der Waals surface area contributed by atoms with Gasteiger partial charge in [-0.2, -0.15) is 5.43 Å². The highest BCUT2D eigenvalue weighted by Crippen LogP contribution is 2.11. The first-order valence-electron chi connectivity index (χ1n) is 4.88. The first-order valence-corrected chi connectivity index (χ1v) is 4.88. The highest BCUT2D eigenvalue weighted by Gasteiger charge is 2.30. The Morgan fingerprint density at radius 3 is 3.06 bits per heavy atom. The first-order chi connectivity index (χ1) is 8.14. The second-order valence-electron chi connectivity index (χ2n) is 3.44. The summed E-state index contributed by atoms with van der Waals surface area (Å²) < 4.78 is 1.59. The van der Waals surface area contributed by atoms with Crippen LogP contribution in [0.3, 0.4) is 0 Å². The minimum absolute atomic E-state index is 0.227. The average molecular weight is 232 g/mol. The van der Waals surface area contributed by atoms with E-state index in [9.17, 15) is 0 Å². The molecule has 2 rings (SSSR count). The zero-order valence-electron chi connectivity index (χ0n) is 9.25. The van der Waals surface area contributed by atoms with Crippen molar-refractivity contribution in [1.29, 1.82) is 0 Å². The SMILES string of the molecule is C#CCN=C1N=NC(N)(n2cnc(C)c2)NN1. The molecule has 0 bridgehead atoms. The number of aromatic nitrogens is 2. The Balaban J connectivity index is 2.19. The Hall–Kier alpha value is -2.24. The topological polar surface area (TPSA) is 105 Å². The maximum atomic E-state index is 5.98. The number of aliphatic imine (C=N–C) groups is 1. The summed E-state index contributed by atoms with van der Waals surface area (Å²) in [5.41, 5.74) is 12.3. The van der Waals surface area contributed by atoms with E-state index < -0.39 is 5.91 Å². The van der Waals surface area contributed by atoms with Gasteiger partial charge in [-0.15, -0.1) is 16.7 Å². The van der Waals surface area contributed by atoms with E-state index >= 15 is 0 Å². The van der Waals surface area contributed by atoms with Crippen LogP contribution in [-0.4, -0.2) is 22.1 Å². The van der Waals surface area contributed by atoms with E-state index in [-0.39, 0.29) is 6.54 Å². The van der Waals surface area contributed by atoms with Gasteiger partial charge in [0.2, 0.25) is 0 Å². The van der Waals surface area contributed by atoms with Gasteiger partial charge in [0.05, 0.1) is 12.0 Å². The lowest BCUT2D eigenvalue weighted by molar-refractivity contribution is 0.197. The van der Waals surface area contributed by atoms with Crippen molar-refractivity contribution >= 4 is 5.96 Å². The summed E-state index contributed by atoms with van der Waals surface area (Å²) in [7, 11) is 0. The molecule has 0 aliphatic carbocycles. The molecule has 17 heavy (non-hydrogen) atoms. The molecule has 1 unspecified atom stereocenters. The highest BCUT2D eigenvalue weighted by atomic mass is 15.7. The summed E-state index contributed by atoms with van der Waals surface area (Å²) in [6.45, 7) is 2.08. The minimum atomic E-state index is -1.21. The second-order valence-corrected chi connectivity index (χ2v) is 3.44. The zero-order valence-corrected chi connectivity index (χ0v) is 9.25. The number of hydrazine groups is 1. The molecule has 8 nitrogen and oxygen atoms in total. The van der Waals surface area contributed by atoms with E-state index in [0.29, 0.717) is 5.96 Å². The molecule has 0 fully saturated rings. The van der Waals surface area contributed by atoms with E-state index in [1.807, 2.05) is 6.92 Å². The fourth-order valence-corrected chi connectivity index (χ4v) is 1.24. The lowest BCUT2D eigenvalue weighted by Gasteiger charge is -2.29. The number of terminal acetylenes is 1. The number of hydrogen-bond donors (Lipinski definition) is 3. The van der Waals surface area contributed by atoms with Gasteiger partial charge in [-0.1, -0.05) is 5.92 Å². The molecule has 0 saturated carbocycles. The van der Waals surface area contributed by atoms with Crippen molar-refractivity contribution in [2.75, 3.05) is 6.54 Å². The summed E-state index contributed by atoms with van der Waals surface area (Å²) in [6, 6.07) is 0.